The van der Waals surface area contributed by atoms with Gasteiger partial charge in [0.2, 0.25) is 5.91 Å². The molecule has 0 fully saturated rings. The molecule has 3 aromatic heterocycles. The van der Waals surface area contributed by atoms with E-state index in [-0.39, 0.29) is 11.5 Å². The summed E-state index contributed by atoms with van der Waals surface area (Å²) in [7, 11) is 3.34. The largest absolute Gasteiger partial charge is 0.495 e. The molecule has 0 saturated heterocycles. The first-order valence-electron chi connectivity index (χ1n) is 11.5. The van der Waals surface area contributed by atoms with Gasteiger partial charge in [-0.25, -0.2) is 0 Å². The highest BCUT2D eigenvalue weighted by molar-refractivity contribution is 6.31. The lowest BCUT2D eigenvalue weighted by Crippen LogP contribution is -2.32. The van der Waals surface area contributed by atoms with Crippen LogP contribution in [0.4, 0.5) is 5.69 Å². The predicted molar refractivity (Wildman–Crippen MR) is 139 cm³/mol. The number of carbonyl (C=O) groups excluding carboxylic acids is 1. The van der Waals surface area contributed by atoms with E-state index >= 15 is 0 Å². The second kappa shape index (κ2) is 9.86. The zero-order valence-electron chi connectivity index (χ0n) is 20.3. The molecular formula is C25H23ClN8O3. The van der Waals surface area contributed by atoms with Crippen LogP contribution < -0.4 is 15.6 Å². The maximum atomic E-state index is 13.3. The van der Waals surface area contributed by atoms with Crippen molar-refractivity contribution in [3.63, 3.8) is 0 Å². The number of rotatable bonds is 7. The Bertz CT molecular complexity index is 1660. The summed E-state index contributed by atoms with van der Waals surface area (Å²) in [6, 6.07) is 11.3. The Morgan fingerprint density at radius 3 is 2.70 bits per heavy atom. The molecule has 0 radical (unpaired) electrons. The lowest BCUT2D eigenvalue weighted by atomic mass is 10.0. The van der Waals surface area contributed by atoms with Gasteiger partial charge in [0.25, 0.3) is 5.56 Å². The zero-order valence-corrected chi connectivity index (χ0v) is 21.0. The first kappa shape index (κ1) is 24.2. The predicted octanol–water partition coefficient (Wildman–Crippen LogP) is 3.63. The van der Waals surface area contributed by atoms with E-state index in [0.717, 1.165) is 10.9 Å². The van der Waals surface area contributed by atoms with Gasteiger partial charge in [-0.3, -0.25) is 18.8 Å². The molecule has 0 aliphatic carbocycles. The number of aromatic nitrogens is 7. The molecule has 2 aromatic carbocycles. The van der Waals surface area contributed by atoms with Crippen molar-refractivity contribution >= 4 is 34.1 Å². The maximum Gasteiger partial charge on any atom is 0.252 e. The van der Waals surface area contributed by atoms with Crippen molar-refractivity contribution < 1.29 is 9.53 Å². The average Bonchev–Trinajstić information content (AvgIpc) is 3.54. The molecule has 1 atom stereocenters. The van der Waals surface area contributed by atoms with Crippen LogP contribution in [0.1, 0.15) is 19.4 Å². The highest BCUT2D eigenvalue weighted by atomic mass is 35.5. The molecular weight excluding hydrogens is 496 g/mol. The number of tetrazole rings is 1. The molecule has 12 heteroatoms. The first-order chi connectivity index (χ1) is 17.9. The summed E-state index contributed by atoms with van der Waals surface area (Å²) >= 11 is 6.28. The van der Waals surface area contributed by atoms with Gasteiger partial charge in [0.15, 0.2) is 0 Å². The molecule has 1 unspecified atom stereocenters. The van der Waals surface area contributed by atoms with Gasteiger partial charge in [0.05, 0.1) is 24.5 Å². The third-order valence-corrected chi connectivity index (χ3v) is 6.26. The van der Waals surface area contributed by atoms with Gasteiger partial charge in [-0.15, -0.1) is 5.10 Å². The van der Waals surface area contributed by atoms with Gasteiger partial charge in [-0.05, 0) is 53.2 Å². The molecule has 0 aliphatic rings. The van der Waals surface area contributed by atoms with Crippen LogP contribution in [0.2, 0.25) is 5.02 Å². The molecule has 1 N–H and O–H groups in total. The molecule has 0 saturated carbocycles. The molecule has 5 rings (SSSR count). The Kier molecular flexibility index (Phi) is 6.45. The van der Waals surface area contributed by atoms with Crippen molar-refractivity contribution in [2.45, 2.75) is 19.4 Å². The third-order valence-electron chi connectivity index (χ3n) is 6.02. The number of halogens is 1. The van der Waals surface area contributed by atoms with Gasteiger partial charge in [0.1, 0.15) is 18.1 Å². The summed E-state index contributed by atoms with van der Waals surface area (Å²) in [5, 5.41) is 20.0. The van der Waals surface area contributed by atoms with Crippen LogP contribution in [0, 0.1) is 0 Å². The molecule has 3 heterocycles. The molecule has 0 aliphatic heterocycles. The smallest absolute Gasteiger partial charge is 0.252 e. The minimum Gasteiger partial charge on any atom is -0.495 e. The van der Waals surface area contributed by atoms with Gasteiger partial charge < -0.3 is 10.1 Å². The number of nitrogens with one attached hydrogen (secondary N) is 1. The SMILES string of the molecule is CCC(C(=O)Nc1ccc2nn(C)cc2c1)n1cc(OC)c(-c2cc(Cl)ccc2-n2cnnn2)cc1=O. The van der Waals surface area contributed by atoms with E-state index in [2.05, 4.69) is 25.9 Å². The fourth-order valence-corrected chi connectivity index (χ4v) is 4.47. The topological polar surface area (TPSA) is 122 Å². The average molecular weight is 519 g/mol. The maximum absolute atomic E-state index is 13.3. The minimum atomic E-state index is -0.765. The van der Waals surface area contributed by atoms with Crippen molar-refractivity contribution in [1.82, 2.24) is 34.6 Å². The Labute approximate surface area is 216 Å². The van der Waals surface area contributed by atoms with E-state index in [4.69, 9.17) is 16.3 Å². The standard InChI is InChI=1S/C25H23ClN8O3/c1-4-21(25(36)28-17-6-7-20-15(9-17)12-32(2)29-20)33-13-23(37-3)19(11-24(33)35)18-10-16(26)5-8-22(18)34-14-27-30-31-34/h5-14,21H,4H2,1-3H3,(H,28,36). The normalized spacial score (nSPS) is 12.0. The van der Waals surface area contributed by atoms with Gasteiger partial charge >= 0.3 is 0 Å². The second-order valence-electron chi connectivity index (χ2n) is 8.41. The quantitative estimate of drug-likeness (QED) is 0.349. The van der Waals surface area contributed by atoms with Crippen molar-refractivity contribution in [1.29, 1.82) is 0 Å². The number of hydrogen-bond donors (Lipinski definition) is 1. The Morgan fingerprint density at radius 2 is 1.97 bits per heavy atom. The lowest BCUT2D eigenvalue weighted by molar-refractivity contribution is -0.119. The van der Waals surface area contributed by atoms with Crippen LogP contribution in [0.25, 0.3) is 27.7 Å². The van der Waals surface area contributed by atoms with Crippen LogP contribution in [0.5, 0.6) is 5.75 Å². The summed E-state index contributed by atoms with van der Waals surface area (Å²) < 4.78 is 10.2. The minimum absolute atomic E-state index is 0.320. The van der Waals surface area contributed by atoms with E-state index < -0.39 is 6.04 Å². The van der Waals surface area contributed by atoms with Crippen LogP contribution >= 0.6 is 11.6 Å². The number of nitrogens with zero attached hydrogens (tertiary/aromatic N) is 7. The highest BCUT2D eigenvalue weighted by Crippen LogP contribution is 2.35. The van der Waals surface area contributed by atoms with Crippen LogP contribution in [0.3, 0.4) is 0 Å². The van der Waals surface area contributed by atoms with Crippen molar-refractivity contribution in [3.05, 3.63) is 76.6 Å². The number of fused-ring (bicyclic) bond motifs is 1. The molecule has 37 heavy (non-hydrogen) atoms. The summed E-state index contributed by atoms with van der Waals surface area (Å²) in [5.41, 5.74) is 2.78. The summed E-state index contributed by atoms with van der Waals surface area (Å²) in [6.07, 6.45) is 5.24. The van der Waals surface area contributed by atoms with Gasteiger partial charge in [-0.2, -0.15) is 9.78 Å². The second-order valence-corrected chi connectivity index (χ2v) is 8.84. The van der Waals surface area contributed by atoms with Crippen molar-refractivity contribution in [3.8, 4) is 22.6 Å². The van der Waals surface area contributed by atoms with E-state index in [1.807, 2.05) is 32.3 Å². The molecule has 188 valence electrons. The van der Waals surface area contributed by atoms with E-state index in [1.165, 1.54) is 28.8 Å². The number of methoxy groups -OCH3 is 1. The zero-order chi connectivity index (χ0) is 26.1. The number of amides is 1. The highest BCUT2D eigenvalue weighted by Gasteiger charge is 2.23. The Hall–Kier alpha value is -4.51. The number of benzene rings is 2. The molecule has 0 bridgehead atoms. The molecule has 0 spiro atoms. The van der Waals surface area contributed by atoms with Crippen molar-refractivity contribution in [2.24, 2.45) is 7.05 Å². The summed E-state index contributed by atoms with van der Waals surface area (Å²) in [6.45, 7) is 1.84. The van der Waals surface area contributed by atoms with E-state index in [0.29, 0.717) is 39.7 Å². The molecule has 1 amide bonds. The van der Waals surface area contributed by atoms with E-state index in [9.17, 15) is 9.59 Å². The van der Waals surface area contributed by atoms with Gasteiger partial charge in [-0.1, -0.05) is 18.5 Å². The fourth-order valence-electron chi connectivity index (χ4n) is 4.30. The first-order valence-corrected chi connectivity index (χ1v) is 11.8. The number of carbonyl (C=O) groups is 1. The number of anilines is 1. The molecule has 5 aromatic rings. The summed E-state index contributed by atoms with van der Waals surface area (Å²) in [4.78, 5) is 26.6. The van der Waals surface area contributed by atoms with E-state index in [1.54, 1.807) is 35.1 Å². The van der Waals surface area contributed by atoms with Crippen LogP contribution in [-0.4, -0.2) is 47.6 Å². The number of aryl methyl sites for hydroxylation is 1. The summed E-state index contributed by atoms with van der Waals surface area (Å²) in [5.74, 6) is 0.0685. The number of pyridine rings is 1. The van der Waals surface area contributed by atoms with Crippen molar-refractivity contribution in [2.75, 3.05) is 12.4 Å². The number of hydrogen-bond acceptors (Lipinski definition) is 7. The number of ether oxygens (including phenoxy) is 1. The molecule has 11 nitrogen and oxygen atoms in total. The monoisotopic (exact) mass is 518 g/mol. The van der Waals surface area contributed by atoms with Gasteiger partial charge in [0, 0.05) is 46.5 Å². The van der Waals surface area contributed by atoms with Crippen LogP contribution in [-0.2, 0) is 11.8 Å². The van der Waals surface area contributed by atoms with Crippen LogP contribution in [0.15, 0.2) is 66.0 Å². The lowest BCUT2D eigenvalue weighted by Gasteiger charge is -2.20. The Morgan fingerprint density at radius 1 is 1.14 bits per heavy atom. The Balaban J connectivity index is 1.52. The third kappa shape index (κ3) is 4.68. The fraction of sp³-hybridized carbons (Fsp3) is 0.200.